The van der Waals surface area contributed by atoms with Gasteiger partial charge in [0.1, 0.15) is 0 Å². The van der Waals surface area contributed by atoms with Gasteiger partial charge in [0.15, 0.2) is 0 Å². The van der Waals surface area contributed by atoms with E-state index in [2.05, 4.69) is 4.99 Å². The average Bonchev–Trinajstić information content (AvgIpc) is 2.98. The maximum Gasteiger partial charge on any atom is 0.426 e. The van der Waals surface area contributed by atoms with Crippen molar-refractivity contribution in [2.45, 2.75) is 17.9 Å². The van der Waals surface area contributed by atoms with Crippen LogP contribution in [0.4, 0.5) is 26.3 Å². The maximum atomic E-state index is 13.4. The van der Waals surface area contributed by atoms with Gasteiger partial charge in [-0.25, -0.2) is 0 Å². The lowest BCUT2D eigenvalue weighted by Gasteiger charge is -2.29. The Hall–Kier alpha value is -2.57. The van der Waals surface area contributed by atoms with E-state index >= 15 is 0 Å². The Bertz CT molecular complexity index is 745. The fraction of sp³-hybridized carbons (Fsp3) is 0.167. The first-order chi connectivity index (χ1) is 11.7. The summed E-state index contributed by atoms with van der Waals surface area (Å²) >= 11 is 0. The van der Waals surface area contributed by atoms with Crippen molar-refractivity contribution < 1.29 is 26.3 Å². The Labute approximate surface area is 139 Å². The highest BCUT2D eigenvalue weighted by atomic mass is 19.4. The van der Waals surface area contributed by atoms with Gasteiger partial charge < -0.3 is 0 Å². The van der Waals surface area contributed by atoms with Crippen molar-refractivity contribution >= 4 is 11.3 Å². The van der Waals surface area contributed by atoms with Gasteiger partial charge in [0.2, 0.25) is 0 Å². The number of aliphatic imine (C=N–C) groups is 1. The minimum absolute atomic E-state index is 0.171. The number of hydrogen-bond acceptors (Lipinski definition) is 1. The summed E-state index contributed by atoms with van der Waals surface area (Å²) in [6.45, 7) is 0. The lowest BCUT2D eigenvalue weighted by Crippen LogP contribution is -2.53. The molecule has 3 rings (SSSR count). The summed E-state index contributed by atoms with van der Waals surface area (Å²) in [4.78, 5) is 3.16. The summed E-state index contributed by atoms with van der Waals surface area (Å²) in [5.74, 6) is 0. The molecule has 2 aromatic rings. The zero-order valence-electron chi connectivity index (χ0n) is 12.6. The van der Waals surface area contributed by atoms with Crippen LogP contribution in [0.1, 0.15) is 11.1 Å². The van der Waals surface area contributed by atoms with Crippen molar-refractivity contribution in [3.8, 4) is 0 Å². The number of benzene rings is 2. The molecule has 0 aliphatic carbocycles. The van der Waals surface area contributed by atoms with E-state index < -0.39 is 17.9 Å². The molecule has 130 valence electrons. The van der Waals surface area contributed by atoms with Gasteiger partial charge in [-0.3, -0.25) is 4.99 Å². The third-order valence-corrected chi connectivity index (χ3v) is 3.89. The summed E-state index contributed by atoms with van der Waals surface area (Å²) in [5.41, 5.74) is -4.35. The number of alkyl halides is 6. The topological polar surface area (TPSA) is 12.4 Å². The lowest BCUT2D eigenvalue weighted by molar-refractivity contribution is -0.277. The van der Waals surface area contributed by atoms with E-state index in [4.69, 9.17) is 0 Å². The van der Waals surface area contributed by atoms with Crippen LogP contribution in [0.5, 0.6) is 0 Å². The Morgan fingerprint density at radius 1 is 0.640 bits per heavy atom. The van der Waals surface area contributed by atoms with Crippen molar-refractivity contribution in [3.05, 3.63) is 77.9 Å². The van der Waals surface area contributed by atoms with Gasteiger partial charge in [0.25, 0.3) is 5.54 Å². The van der Waals surface area contributed by atoms with E-state index in [1.54, 1.807) is 24.3 Å². The van der Waals surface area contributed by atoms with Gasteiger partial charge in [-0.2, -0.15) is 26.3 Å². The Balaban J connectivity index is 2.29. The molecule has 0 bridgehead atoms. The van der Waals surface area contributed by atoms with E-state index in [9.17, 15) is 26.3 Å². The minimum atomic E-state index is -5.61. The van der Waals surface area contributed by atoms with Crippen LogP contribution in [-0.2, 0) is 0 Å². The third-order valence-electron chi connectivity index (χ3n) is 3.89. The van der Waals surface area contributed by atoms with Gasteiger partial charge in [0.05, 0.1) is 5.71 Å². The van der Waals surface area contributed by atoms with Gasteiger partial charge in [-0.1, -0.05) is 60.7 Å². The van der Waals surface area contributed by atoms with E-state index in [1.165, 1.54) is 36.4 Å². The molecule has 0 amide bonds. The summed E-state index contributed by atoms with van der Waals surface area (Å²) in [5, 5.41) is 0. The molecule has 25 heavy (non-hydrogen) atoms. The van der Waals surface area contributed by atoms with Gasteiger partial charge in [0, 0.05) is 11.1 Å². The first kappa shape index (κ1) is 17.3. The van der Waals surface area contributed by atoms with Gasteiger partial charge >= 0.3 is 12.4 Å². The van der Waals surface area contributed by atoms with Crippen molar-refractivity contribution in [3.63, 3.8) is 0 Å². The van der Waals surface area contributed by atoms with Crippen LogP contribution >= 0.6 is 0 Å². The maximum absolute atomic E-state index is 13.4. The fourth-order valence-electron chi connectivity index (χ4n) is 2.65. The molecule has 2 aromatic carbocycles. The molecule has 0 fully saturated rings. The van der Waals surface area contributed by atoms with Crippen molar-refractivity contribution in [1.29, 1.82) is 0 Å². The first-order valence-electron chi connectivity index (χ1n) is 7.23. The minimum Gasteiger partial charge on any atom is -0.255 e. The SMILES string of the molecule is FC(F)(F)C1(C(F)(F)F)C=C(c2ccccc2)C(c2ccccc2)=N1. The number of hydrogen-bond donors (Lipinski definition) is 0. The van der Waals surface area contributed by atoms with E-state index in [0.717, 1.165) is 0 Å². The lowest BCUT2D eigenvalue weighted by atomic mass is 9.93. The Morgan fingerprint density at radius 2 is 1.08 bits per heavy atom. The molecule has 1 aliphatic heterocycles. The van der Waals surface area contributed by atoms with Crippen LogP contribution in [0.15, 0.2) is 71.7 Å². The molecule has 0 N–H and O–H groups in total. The van der Waals surface area contributed by atoms with Crippen LogP contribution in [0.2, 0.25) is 0 Å². The van der Waals surface area contributed by atoms with Crippen LogP contribution in [0.25, 0.3) is 5.57 Å². The second-order valence-electron chi connectivity index (χ2n) is 5.51. The predicted octanol–water partition coefficient (Wildman–Crippen LogP) is 5.44. The highest BCUT2D eigenvalue weighted by molar-refractivity contribution is 6.33. The van der Waals surface area contributed by atoms with Crippen molar-refractivity contribution in [2.24, 2.45) is 4.99 Å². The van der Waals surface area contributed by atoms with E-state index in [0.29, 0.717) is 0 Å². The zero-order valence-corrected chi connectivity index (χ0v) is 12.6. The zero-order chi connectivity index (χ0) is 18.3. The van der Waals surface area contributed by atoms with Gasteiger partial charge in [-0.15, -0.1) is 0 Å². The molecule has 1 heterocycles. The standard InChI is InChI=1S/C18H11F6N/c19-17(20,21)16(18(22,23)24)11-14(12-7-3-1-4-8-12)15(25-16)13-9-5-2-6-10-13/h1-11H. The van der Waals surface area contributed by atoms with Crippen molar-refractivity contribution in [2.75, 3.05) is 0 Å². The average molecular weight is 355 g/mol. The molecule has 0 radical (unpaired) electrons. The highest BCUT2D eigenvalue weighted by Gasteiger charge is 2.72. The molecule has 1 aliphatic rings. The van der Waals surface area contributed by atoms with Crippen LogP contribution in [0, 0.1) is 0 Å². The van der Waals surface area contributed by atoms with Crippen molar-refractivity contribution in [1.82, 2.24) is 0 Å². The fourth-order valence-corrected chi connectivity index (χ4v) is 2.65. The van der Waals surface area contributed by atoms with Gasteiger partial charge in [-0.05, 0) is 11.6 Å². The Kier molecular flexibility index (Phi) is 3.97. The predicted molar refractivity (Wildman–Crippen MR) is 82.2 cm³/mol. The summed E-state index contributed by atoms with van der Waals surface area (Å²) < 4.78 is 80.5. The van der Waals surface area contributed by atoms with E-state index in [1.807, 2.05) is 0 Å². The molecule has 0 saturated heterocycles. The number of nitrogens with zero attached hydrogens (tertiary/aromatic N) is 1. The molecule has 0 aromatic heterocycles. The summed E-state index contributed by atoms with van der Waals surface area (Å²) in [6, 6.07) is 15.1. The normalized spacial score (nSPS) is 17.2. The summed E-state index contributed by atoms with van der Waals surface area (Å²) in [6.07, 6.45) is -11.0. The molecular formula is C18H11F6N. The third kappa shape index (κ3) is 2.83. The second kappa shape index (κ2) is 5.75. The Morgan fingerprint density at radius 3 is 1.52 bits per heavy atom. The van der Waals surface area contributed by atoms with E-state index in [-0.39, 0.29) is 28.5 Å². The number of rotatable bonds is 2. The molecule has 1 nitrogen and oxygen atoms in total. The molecule has 0 unspecified atom stereocenters. The quantitative estimate of drug-likeness (QED) is 0.637. The number of halogens is 6. The summed E-state index contributed by atoms with van der Waals surface area (Å²) in [7, 11) is 0. The molecule has 0 atom stereocenters. The largest absolute Gasteiger partial charge is 0.426 e. The van der Waals surface area contributed by atoms with Crippen LogP contribution < -0.4 is 0 Å². The molecule has 0 spiro atoms. The monoisotopic (exact) mass is 355 g/mol. The smallest absolute Gasteiger partial charge is 0.255 e. The molecular weight excluding hydrogens is 344 g/mol. The van der Waals surface area contributed by atoms with Crippen LogP contribution in [-0.4, -0.2) is 23.6 Å². The first-order valence-corrected chi connectivity index (χ1v) is 7.23. The number of allylic oxidation sites excluding steroid dienone is 1. The molecule has 7 heteroatoms. The second-order valence-corrected chi connectivity index (χ2v) is 5.51. The molecule has 0 saturated carbocycles. The van der Waals surface area contributed by atoms with Crippen LogP contribution in [0.3, 0.4) is 0 Å². The highest BCUT2D eigenvalue weighted by Crippen LogP contribution is 2.51.